The second-order valence-electron chi connectivity index (χ2n) is 7.67. The molecule has 1 heterocycles. The third-order valence-corrected chi connectivity index (χ3v) is 6.13. The summed E-state index contributed by atoms with van der Waals surface area (Å²) in [6.07, 6.45) is 1.34. The minimum absolute atomic E-state index is 0.0808. The van der Waals surface area contributed by atoms with Crippen LogP contribution in [0.2, 0.25) is 0 Å². The van der Waals surface area contributed by atoms with E-state index < -0.39 is 0 Å². The van der Waals surface area contributed by atoms with Gasteiger partial charge in [0.1, 0.15) is 0 Å². The van der Waals surface area contributed by atoms with Crippen molar-refractivity contribution in [2.45, 2.75) is 46.1 Å². The van der Waals surface area contributed by atoms with E-state index in [1.807, 2.05) is 0 Å². The summed E-state index contributed by atoms with van der Waals surface area (Å²) in [6, 6.07) is 10.8. The Labute approximate surface area is 174 Å². The molecule has 2 aromatic carbocycles. The average molecular weight is 396 g/mol. The molecule has 29 heavy (non-hydrogen) atoms. The van der Waals surface area contributed by atoms with Crippen LogP contribution in [-0.4, -0.2) is 32.7 Å². The van der Waals surface area contributed by atoms with Gasteiger partial charge in [0, 0.05) is 25.6 Å². The van der Waals surface area contributed by atoms with E-state index in [-0.39, 0.29) is 11.9 Å². The fraction of sp³-hybridized carbons (Fsp3) is 0.458. The van der Waals surface area contributed by atoms with Crippen molar-refractivity contribution in [3.8, 4) is 0 Å². The zero-order valence-corrected chi connectivity index (χ0v) is 18.0. The van der Waals surface area contributed by atoms with Crippen LogP contribution in [0.5, 0.6) is 0 Å². The molecule has 1 aliphatic heterocycles. The third-order valence-electron chi connectivity index (χ3n) is 6.13. The van der Waals surface area contributed by atoms with Crippen molar-refractivity contribution in [2.75, 3.05) is 37.4 Å². The first-order chi connectivity index (χ1) is 14.0. The number of nitrogens with two attached hydrogens (primary N) is 1. The Kier molecular flexibility index (Phi) is 6.80. The monoisotopic (exact) mass is 395 g/mol. The summed E-state index contributed by atoms with van der Waals surface area (Å²) in [5.41, 5.74) is 14.4. The average Bonchev–Trinajstić information content (AvgIpc) is 2.75. The minimum atomic E-state index is -0.211. The molecule has 0 amide bonds. The molecule has 0 aromatic heterocycles. The maximum Gasteiger partial charge on any atom is 0.306 e. The van der Waals surface area contributed by atoms with Gasteiger partial charge in [-0.1, -0.05) is 24.3 Å². The molecular weight excluding hydrogens is 362 g/mol. The smallest absolute Gasteiger partial charge is 0.306 e. The predicted octanol–water partition coefficient (Wildman–Crippen LogP) is 3.76. The van der Waals surface area contributed by atoms with Crippen LogP contribution in [0.3, 0.4) is 0 Å². The highest BCUT2D eigenvalue weighted by molar-refractivity contribution is 5.75. The molecule has 1 aliphatic rings. The molecule has 3 rings (SSSR count). The van der Waals surface area contributed by atoms with Gasteiger partial charge >= 0.3 is 5.97 Å². The minimum Gasteiger partial charge on any atom is -0.469 e. The van der Waals surface area contributed by atoms with Gasteiger partial charge in [-0.15, -0.1) is 0 Å². The van der Waals surface area contributed by atoms with Crippen molar-refractivity contribution in [2.24, 2.45) is 0 Å². The second kappa shape index (κ2) is 9.31. The standard InChI is InChI=1S/C24H33N3O2/c1-5-27(6-2)22-10-9-20(16(3)24(22)25)21(14-23(28)29-4)18-8-7-17-11-12-26-15-19(17)13-18/h7-10,13,21,26H,5-6,11-12,14-15,25H2,1-4H3. The van der Waals surface area contributed by atoms with Crippen LogP contribution in [0, 0.1) is 6.92 Å². The first-order valence-electron chi connectivity index (χ1n) is 10.5. The van der Waals surface area contributed by atoms with Gasteiger partial charge in [0.15, 0.2) is 0 Å². The number of fused-ring (bicyclic) bond motifs is 1. The molecule has 0 fully saturated rings. The molecule has 0 bridgehead atoms. The second-order valence-corrected chi connectivity index (χ2v) is 7.67. The lowest BCUT2D eigenvalue weighted by Gasteiger charge is -2.27. The van der Waals surface area contributed by atoms with Gasteiger partial charge in [-0.3, -0.25) is 4.79 Å². The topological polar surface area (TPSA) is 67.6 Å². The first kappa shape index (κ1) is 21.2. The number of carbonyl (C=O) groups excluding carboxylic acids is 1. The lowest BCUT2D eigenvalue weighted by Crippen LogP contribution is -2.24. The Balaban J connectivity index is 2.06. The van der Waals surface area contributed by atoms with E-state index in [0.29, 0.717) is 6.42 Å². The summed E-state index contributed by atoms with van der Waals surface area (Å²) < 4.78 is 5.01. The molecule has 0 aliphatic carbocycles. The van der Waals surface area contributed by atoms with Crippen molar-refractivity contribution in [3.05, 3.63) is 58.1 Å². The van der Waals surface area contributed by atoms with Gasteiger partial charge < -0.3 is 20.7 Å². The van der Waals surface area contributed by atoms with Gasteiger partial charge in [0.25, 0.3) is 0 Å². The number of nitrogens with one attached hydrogen (secondary N) is 1. The fourth-order valence-electron chi connectivity index (χ4n) is 4.32. The Morgan fingerprint density at radius 1 is 1.21 bits per heavy atom. The van der Waals surface area contributed by atoms with Crippen LogP contribution in [0.4, 0.5) is 11.4 Å². The number of rotatable bonds is 7. The van der Waals surface area contributed by atoms with E-state index in [2.05, 4.69) is 61.3 Å². The van der Waals surface area contributed by atoms with E-state index in [9.17, 15) is 4.79 Å². The summed E-state index contributed by atoms with van der Waals surface area (Å²) in [7, 11) is 1.45. The number of anilines is 2. The number of nitrogen functional groups attached to an aromatic ring is 1. The lowest BCUT2D eigenvalue weighted by molar-refractivity contribution is -0.140. The fourth-order valence-corrected chi connectivity index (χ4v) is 4.32. The number of nitrogens with zero attached hydrogens (tertiary/aromatic N) is 1. The van der Waals surface area contributed by atoms with Crippen molar-refractivity contribution >= 4 is 17.3 Å². The zero-order valence-electron chi connectivity index (χ0n) is 18.0. The van der Waals surface area contributed by atoms with Crippen LogP contribution < -0.4 is 16.0 Å². The summed E-state index contributed by atoms with van der Waals surface area (Å²) in [6.45, 7) is 10.0. The van der Waals surface area contributed by atoms with Crippen LogP contribution in [0.1, 0.15) is 54.0 Å². The van der Waals surface area contributed by atoms with Crippen molar-refractivity contribution in [1.82, 2.24) is 5.32 Å². The number of hydrogen-bond donors (Lipinski definition) is 2. The van der Waals surface area contributed by atoms with Gasteiger partial charge in [0.2, 0.25) is 0 Å². The molecule has 5 nitrogen and oxygen atoms in total. The number of benzene rings is 2. The maximum atomic E-state index is 12.2. The molecule has 0 saturated heterocycles. The highest BCUT2D eigenvalue weighted by Gasteiger charge is 2.24. The van der Waals surface area contributed by atoms with Crippen LogP contribution in [0.15, 0.2) is 30.3 Å². The van der Waals surface area contributed by atoms with E-state index in [4.69, 9.17) is 10.5 Å². The summed E-state index contributed by atoms with van der Waals surface area (Å²) in [5.74, 6) is -0.292. The van der Waals surface area contributed by atoms with Crippen molar-refractivity contribution < 1.29 is 9.53 Å². The molecule has 0 radical (unpaired) electrons. The number of methoxy groups -OCH3 is 1. The quantitative estimate of drug-likeness (QED) is 0.552. The van der Waals surface area contributed by atoms with Crippen LogP contribution >= 0.6 is 0 Å². The van der Waals surface area contributed by atoms with Crippen molar-refractivity contribution in [3.63, 3.8) is 0 Å². The van der Waals surface area contributed by atoms with Crippen LogP contribution in [0.25, 0.3) is 0 Å². The van der Waals surface area contributed by atoms with Gasteiger partial charge in [-0.2, -0.15) is 0 Å². The van der Waals surface area contributed by atoms with Gasteiger partial charge in [-0.05, 0) is 67.6 Å². The normalized spacial score (nSPS) is 14.2. The van der Waals surface area contributed by atoms with E-state index in [0.717, 1.165) is 60.7 Å². The summed E-state index contributed by atoms with van der Waals surface area (Å²) >= 11 is 0. The zero-order chi connectivity index (χ0) is 21.0. The number of ether oxygens (including phenoxy) is 1. The van der Waals surface area contributed by atoms with Gasteiger partial charge in [0.05, 0.1) is 24.9 Å². The molecule has 0 saturated carbocycles. The maximum absolute atomic E-state index is 12.2. The number of carbonyl (C=O) groups is 1. The third kappa shape index (κ3) is 4.40. The largest absolute Gasteiger partial charge is 0.469 e. The SMILES string of the molecule is CCN(CC)c1ccc(C(CC(=O)OC)c2ccc3c(c2)CNCC3)c(C)c1N. The number of hydrogen-bond acceptors (Lipinski definition) is 5. The van der Waals surface area contributed by atoms with Crippen LogP contribution in [-0.2, 0) is 22.5 Å². The predicted molar refractivity (Wildman–Crippen MR) is 119 cm³/mol. The Morgan fingerprint density at radius 2 is 1.97 bits per heavy atom. The Bertz CT molecular complexity index is 875. The van der Waals surface area contributed by atoms with Crippen molar-refractivity contribution in [1.29, 1.82) is 0 Å². The Hall–Kier alpha value is -2.53. The lowest BCUT2D eigenvalue weighted by atomic mass is 9.83. The molecule has 5 heteroatoms. The number of esters is 1. The van der Waals surface area contributed by atoms with Gasteiger partial charge in [-0.25, -0.2) is 0 Å². The van der Waals surface area contributed by atoms with E-state index in [1.165, 1.54) is 18.2 Å². The first-order valence-corrected chi connectivity index (χ1v) is 10.5. The Morgan fingerprint density at radius 3 is 2.66 bits per heavy atom. The summed E-state index contributed by atoms with van der Waals surface area (Å²) in [5, 5.41) is 3.43. The van der Waals surface area contributed by atoms with E-state index >= 15 is 0 Å². The molecular formula is C24H33N3O2. The van der Waals surface area contributed by atoms with E-state index in [1.54, 1.807) is 0 Å². The molecule has 0 spiro atoms. The molecule has 2 aromatic rings. The summed E-state index contributed by atoms with van der Waals surface area (Å²) in [4.78, 5) is 14.5. The molecule has 1 atom stereocenters. The highest BCUT2D eigenvalue weighted by atomic mass is 16.5. The molecule has 3 N–H and O–H groups in total. The highest BCUT2D eigenvalue weighted by Crippen LogP contribution is 2.37. The molecule has 156 valence electrons. The molecule has 1 unspecified atom stereocenters.